The van der Waals surface area contributed by atoms with Gasteiger partial charge in [-0.1, -0.05) is 17.7 Å². The molecule has 0 radical (unpaired) electrons. The van der Waals surface area contributed by atoms with Crippen molar-refractivity contribution in [2.24, 2.45) is 0 Å². The molecule has 3 nitrogen and oxygen atoms in total. The maximum absolute atomic E-state index is 12.1. The summed E-state index contributed by atoms with van der Waals surface area (Å²) >= 11 is 1.53. The minimum atomic E-state index is -0.847. The SMILES string of the molecule is CCN(CC(C)(C)O)C(=O)CSc1ccc(C)cc1. The molecule has 0 aliphatic heterocycles. The fourth-order valence-corrected chi connectivity index (χ4v) is 2.52. The third-order valence-electron chi connectivity index (χ3n) is 2.70. The van der Waals surface area contributed by atoms with Crippen LogP contribution in [0.5, 0.6) is 0 Å². The standard InChI is InChI=1S/C15H23NO2S/c1-5-16(11-15(3,4)18)14(17)10-19-13-8-6-12(2)7-9-13/h6-9,18H,5,10-11H2,1-4H3. The Hall–Kier alpha value is -1.00. The van der Waals surface area contributed by atoms with Gasteiger partial charge in [0.25, 0.3) is 0 Å². The first-order valence-corrected chi connectivity index (χ1v) is 7.50. The number of rotatable bonds is 6. The second-order valence-electron chi connectivity index (χ2n) is 5.32. The summed E-state index contributed by atoms with van der Waals surface area (Å²) in [5, 5.41) is 9.78. The molecule has 0 spiro atoms. The molecule has 106 valence electrons. The van der Waals surface area contributed by atoms with Crippen LogP contribution < -0.4 is 0 Å². The van der Waals surface area contributed by atoms with Crippen LogP contribution >= 0.6 is 11.8 Å². The zero-order chi connectivity index (χ0) is 14.5. The highest BCUT2D eigenvalue weighted by Gasteiger charge is 2.21. The molecule has 1 N–H and O–H groups in total. The van der Waals surface area contributed by atoms with Crippen molar-refractivity contribution < 1.29 is 9.90 Å². The first-order chi connectivity index (χ1) is 8.81. The molecule has 19 heavy (non-hydrogen) atoms. The van der Waals surface area contributed by atoms with Crippen molar-refractivity contribution in [3.63, 3.8) is 0 Å². The summed E-state index contributed by atoms with van der Waals surface area (Å²) in [6.45, 7) is 8.40. The molecule has 0 heterocycles. The third kappa shape index (κ3) is 6.12. The highest BCUT2D eigenvalue weighted by atomic mass is 32.2. The van der Waals surface area contributed by atoms with Crippen LogP contribution in [0.15, 0.2) is 29.2 Å². The van der Waals surface area contributed by atoms with E-state index in [1.54, 1.807) is 18.7 Å². The zero-order valence-electron chi connectivity index (χ0n) is 12.1. The third-order valence-corrected chi connectivity index (χ3v) is 3.69. The van der Waals surface area contributed by atoms with Gasteiger partial charge in [0.1, 0.15) is 0 Å². The first-order valence-electron chi connectivity index (χ1n) is 6.51. The van der Waals surface area contributed by atoms with Crippen LogP contribution in [0.25, 0.3) is 0 Å². The lowest BCUT2D eigenvalue weighted by atomic mass is 10.1. The van der Waals surface area contributed by atoms with Crippen molar-refractivity contribution in [1.29, 1.82) is 0 Å². The van der Waals surface area contributed by atoms with Crippen LogP contribution in [0.4, 0.5) is 0 Å². The Balaban J connectivity index is 2.51. The summed E-state index contributed by atoms with van der Waals surface area (Å²) in [6.07, 6.45) is 0. The average Bonchev–Trinajstić information content (AvgIpc) is 2.34. The summed E-state index contributed by atoms with van der Waals surface area (Å²) in [7, 11) is 0. The molecule has 4 heteroatoms. The number of benzene rings is 1. The van der Waals surface area contributed by atoms with E-state index in [-0.39, 0.29) is 5.91 Å². The van der Waals surface area contributed by atoms with Gasteiger partial charge in [0.15, 0.2) is 0 Å². The maximum atomic E-state index is 12.1. The van der Waals surface area contributed by atoms with E-state index in [4.69, 9.17) is 0 Å². The zero-order valence-corrected chi connectivity index (χ0v) is 13.0. The minimum absolute atomic E-state index is 0.0650. The van der Waals surface area contributed by atoms with Gasteiger partial charge in [-0.3, -0.25) is 4.79 Å². The van der Waals surface area contributed by atoms with E-state index in [1.807, 2.05) is 38.1 Å². The molecule has 1 aromatic rings. The fraction of sp³-hybridized carbons (Fsp3) is 0.533. The number of aryl methyl sites for hydroxylation is 1. The van der Waals surface area contributed by atoms with Crippen molar-refractivity contribution >= 4 is 17.7 Å². The Bertz CT molecular complexity index is 409. The van der Waals surface area contributed by atoms with Crippen molar-refractivity contribution in [1.82, 2.24) is 4.90 Å². The van der Waals surface area contributed by atoms with Crippen molar-refractivity contribution in [2.75, 3.05) is 18.8 Å². The maximum Gasteiger partial charge on any atom is 0.233 e. The lowest BCUT2D eigenvalue weighted by Crippen LogP contribution is -2.42. The molecule has 0 fully saturated rings. The minimum Gasteiger partial charge on any atom is -0.389 e. The van der Waals surface area contributed by atoms with Gasteiger partial charge in [0, 0.05) is 18.0 Å². The number of aliphatic hydroxyl groups is 1. The van der Waals surface area contributed by atoms with Crippen LogP contribution in [0.2, 0.25) is 0 Å². The number of nitrogens with zero attached hydrogens (tertiary/aromatic N) is 1. The Morgan fingerprint density at radius 1 is 1.32 bits per heavy atom. The summed E-state index contributed by atoms with van der Waals surface area (Å²) < 4.78 is 0. The van der Waals surface area contributed by atoms with Crippen molar-refractivity contribution in [2.45, 2.75) is 38.2 Å². The Labute approximate surface area is 120 Å². The lowest BCUT2D eigenvalue weighted by Gasteiger charge is -2.28. The highest BCUT2D eigenvalue weighted by Crippen LogP contribution is 2.19. The first kappa shape index (κ1) is 16.1. The summed E-state index contributed by atoms with van der Waals surface area (Å²) in [5.41, 5.74) is 0.369. The molecule has 1 amide bonds. The Kier molecular flexibility index (Phi) is 5.88. The number of hydrogen-bond acceptors (Lipinski definition) is 3. The largest absolute Gasteiger partial charge is 0.389 e. The summed E-state index contributed by atoms with van der Waals surface area (Å²) in [5.74, 6) is 0.475. The smallest absolute Gasteiger partial charge is 0.233 e. The molecule has 0 saturated heterocycles. The van der Waals surface area contributed by atoms with E-state index in [9.17, 15) is 9.90 Å². The fourth-order valence-electron chi connectivity index (χ4n) is 1.71. The average molecular weight is 281 g/mol. The van der Waals surface area contributed by atoms with Gasteiger partial charge in [0.2, 0.25) is 5.91 Å². The molecule has 0 aliphatic rings. The molecule has 0 aromatic heterocycles. The number of amides is 1. The second kappa shape index (κ2) is 6.96. The van der Waals surface area contributed by atoms with Crippen molar-refractivity contribution in [3.05, 3.63) is 29.8 Å². The van der Waals surface area contributed by atoms with E-state index < -0.39 is 5.60 Å². The Morgan fingerprint density at radius 2 is 1.89 bits per heavy atom. The molecule has 0 aliphatic carbocycles. The van der Waals surface area contributed by atoms with E-state index in [2.05, 4.69) is 0 Å². The van der Waals surface area contributed by atoms with E-state index in [0.29, 0.717) is 18.8 Å². The van der Waals surface area contributed by atoms with Gasteiger partial charge in [-0.05, 0) is 39.8 Å². The van der Waals surface area contributed by atoms with Gasteiger partial charge >= 0.3 is 0 Å². The molecule has 1 rings (SSSR count). The predicted octanol–water partition coefficient (Wildman–Crippen LogP) is 2.71. The number of hydrogen-bond donors (Lipinski definition) is 1. The number of thioether (sulfide) groups is 1. The van der Waals surface area contributed by atoms with E-state index >= 15 is 0 Å². The predicted molar refractivity (Wildman–Crippen MR) is 80.5 cm³/mol. The topological polar surface area (TPSA) is 40.5 Å². The molecular formula is C15H23NO2S. The molecule has 0 unspecified atom stereocenters. The molecule has 0 atom stereocenters. The van der Waals surface area contributed by atoms with Gasteiger partial charge in [-0.2, -0.15) is 0 Å². The van der Waals surface area contributed by atoms with Gasteiger partial charge in [-0.25, -0.2) is 0 Å². The monoisotopic (exact) mass is 281 g/mol. The highest BCUT2D eigenvalue weighted by molar-refractivity contribution is 8.00. The Morgan fingerprint density at radius 3 is 2.37 bits per heavy atom. The van der Waals surface area contributed by atoms with E-state index in [1.165, 1.54) is 17.3 Å². The molecule has 1 aromatic carbocycles. The summed E-state index contributed by atoms with van der Waals surface area (Å²) in [6, 6.07) is 8.14. The second-order valence-corrected chi connectivity index (χ2v) is 6.37. The van der Waals surface area contributed by atoms with Crippen LogP contribution in [-0.2, 0) is 4.79 Å². The van der Waals surface area contributed by atoms with Crippen LogP contribution in [-0.4, -0.2) is 40.4 Å². The van der Waals surface area contributed by atoms with Gasteiger partial charge in [-0.15, -0.1) is 11.8 Å². The van der Waals surface area contributed by atoms with Gasteiger partial charge < -0.3 is 10.0 Å². The molecular weight excluding hydrogens is 258 g/mol. The quantitative estimate of drug-likeness (QED) is 0.815. The van der Waals surface area contributed by atoms with Crippen molar-refractivity contribution in [3.8, 4) is 0 Å². The van der Waals surface area contributed by atoms with Crippen LogP contribution in [0, 0.1) is 6.92 Å². The number of carbonyl (C=O) groups excluding carboxylic acids is 1. The molecule has 0 saturated carbocycles. The lowest BCUT2D eigenvalue weighted by molar-refractivity contribution is -0.131. The van der Waals surface area contributed by atoms with E-state index in [0.717, 1.165) is 4.90 Å². The van der Waals surface area contributed by atoms with Crippen LogP contribution in [0.3, 0.4) is 0 Å². The van der Waals surface area contributed by atoms with Gasteiger partial charge in [0.05, 0.1) is 11.4 Å². The normalized spacial score (nSPS) is 11.4. The molecule has 0 bridgehead atoms. The number of likely N-dealkylation sites (N-methyl/N-ethyl adjacent to an activating group) is 1. The number of carbonyl (C=O) groups is 1. The summed E-state index contributed by atoms with van der Waals surface area (Å²) in [4.78, 5) is 14.9. The van der Waals surface area contributed by atoms with Crippen LogP contribution in [0.1, 0.15) is 26.3 Å².